The van der Waals surface area contributed by atoms with E-state index in [2.05, 4.69) is 10.0 Å². The van der Waals surface area contributed by atoms with Crippen LogP contribution in [0.2, 0.25) is 0 Å². The number of rotatable bonds is 6. The summed E-state index contributed by atoms with van der Waals surface area (Å²) in [6.07, 6.45) is 1.09. The maximum Gasteiger partial charge on any atom is 0.209 e. The second kappa shape index (κ2) is 6.31. The van der Waals surface area contributed by atoms with E-state index in [4.69, 9.17) is 5.26 Å². The van der Waals surface area contributed by atoms with Gasteiger partial charge < -0.3 is 5.32 Å². The van der Waals surface area contributed by atoms with Gasteiger partial charge in [-0.25, -0.2) is 17.5 Å². The number of sulfonamides is 1. The Morgan fingerprint density at radius 2 is 2.05 bits per heavy atom. The molecule has 0 heterocycles. The van der Waals surface area contributed by atoms with Crippen molar-refractivity contribution in [3.05, 3.63) is 35.1 Å². The first-order valence-electron chi connectivity index (χ1n) is 6.02. The molecule has 1 aromatic rings. The van der Waals surface area contributed by atoms with Crippen LogP contribution in [0.1, 0.15) is 25.0 Å². The molecule has 0 amide bonds. The minimum Gasteiger partial charge on any atom is -0.311 e. The summed E-state index contributed by atoms with van der Waals surface area (Å²) in [5.41, 5.74) is -0.311. The lowest BCUT2D eigenvalue weighted by Crippen LogP contribution is -2.49. The molecule has 0 saturated heterocycles. The van der Waals surface area contributed by atoms with Gasteiger partial charge in [0, 0.05) is 24.2 Å². The third kappa shape index (κ3) is 5.25. The summed E-state index contributed by atoms with van der Waals surface area (Å²) in [4.78, 5) is 0. The average Bonchev–Trinajstić information content (AvgIpc) is 2.28. The second-order valence-corrected chi connectivity index (χ2v) is 7.00. The van der Waals surface area contributed by atoms with Crippen LogP contribution < -0.4 is 10.0 Å². The molecule has 7 heteroatoms. The predicted octanol–water partition coefficient (Wildman–Crippen LogP) is 1.11. The van der Waals surface area contributed by atoms with Crippen molar-refractivity contribution in [3.63, 3.8) is 0 Å². The molecule has 0 fully saturated rings. The molecule has 5 nitrogen and oxygen atoms in total. The molecular formula is C13H18FN3O2S. The molecule has 110 valence electrons. The van der Waals surface area contributed by atoms with Crippen molar-refractivity contribution in [1.82, 2.24) is 10.0 Å². The Balaban J connectivity index is 2.64. The van der Waals surface area contributed by atoms with Gasteiger partial charge in [-0.2, -0.15) is 5.26 Å². The van der Waals surface area contributed by atoms with Crippen LogP contribution in [0.25, 0.3) is 0 Å². The Morgan fingerprint density at radius 3 is 2.60 bits per heavy atom. The van der Waals surface area contributed by atoms with Crippen LogP contribution in [-0.2, 0) is 16.6 Å². The number of nitrogens with one attached hydrogen (secondary N) is 2. The summed E-state index contributed by atoms with van der Waals surface area (Å²) in [5, 5.41) is 11.7. The Morgan fingerprint density at radius 1 is 1.40 bits per heavy atom. The number of nitriles is 1. The van der Waals surface area contributed by atoms with Crippen molar-refractivity contribution < 1.29 is 12.8 Å². The SMILES string of the molecule is CC(C)(CNCc1cccc(C#N)c1F)NS(C)(=O)=O. The van der Waals surface area contributed by atoms with Crippen LogP contribution in [0.15, 0.2) is 18.2 Å². The van der Waals surface area contributed by atoms with E-state index < -0.39 is 21.4 Å². The van der Waals surface area contributed by atoms with Gasteiger partial charge in [0.05, 0.1) is 11.8 Å². The van der Waals surface area contributed by atoms with E-state index in [-0.39, 0.29) is 12.1 Å². The molecule has 0 bridgehead atoms. The summed E-state index contributed by atoms with van der Waals surface area (Å²) in [6.45, 7) is 4.00. The van der Waals surface area contributed by atoms with Gasteiger partial charge in [-0.15, -0.1) is 0 Å². The standard InChI is InChI=1S/C13H18FN3O2S/c1-13(2,17-20(3,18)19)9-16-8-11-6-4-5-10(7-15)12(11)14/h4-6,16-17H,8-9H2,1-3H3. The zero-order chi connectivity index (χ0) is 15.4. The van der Waals surface area contributed by atoms with Crippen molar-refractivity contribution in [2.24, 2.45) is 0 Å². The zero-order valence-corrected chi connectivity index (χ0v) is 12.5. The van der Waals surface area contributed by atoms with Crippen molar-refractivity contribution in [2.75, 3.05) is 12.8 Å². The topological polar surface area (TPSA) is 82.0 Å². The molecule has 0 radical (unpaired) electrons. The molecule has 0 saturated carbocycles. The summed E-state index contributed by atoms with van der Waals surface area (Å²) in [7, 11) is -3.30. The van der Waals surface area contributed by atoms with E-state index in [0.29, 0.717) is 12.1 Å². The first-order valence-corrected chi connectivity index (χ1v) is 7.91. The highest BCUT2D eigenvalue weighted by Crippen LogP contribution is 2.12. The quantitative estimate of drug-likeness (QED) is 0.824. The molecule has 0 atom stereocenters. The lowest BCUT2D eigenvalue weighted by molar-refractivity contribution is 0.418. The third-order valence-corrected chi connectivity index (χ3v) is 3.47. The third-order valence-electron chi connectivity index (χ3n) is 2.54. The van der Waals surface area contributed by atoms with Crippen LogP contribution in [0, 0.1) is 17.1 Å². The monoisotopic (exact) mass is 299 g/mol. The summed E-state index contributed by atoms with van der Waals surface area (Å²) >= 11 is 0. The molecule has 0 unspecified atom stereocenters. The summed E-state index contributed by atoms with van der Waals surface area (Å²) in [6, 6.07) is 6.38. The van der Waals surface area contributed by atoms with E-state index in [1.54, 1.807) is 32.0 Å². The van der Waals surface area contributed by atoms with Crippen molar-refractivity contribution in [3.8, 4) is 6.07 Å². The molecule has 0 aromatic heterocycles. The molecule has 0 aliphatic carbocycles. The van der Waals surface area contributed by atoms with Gasteiger partial charge in [-0.05, 0) is 19.9 Å². The van der Waals surface area contributed by atoms with Gasteiger partial charge in [0.1, 0.15) is 11.9 Å². The van der Waals surface area contributed by atoms with Gasteiger partial charge in [0.15, 0.2) is 0 Å². The van der Waals surface area contributed by atoms with Crippen LogP contribution in [0.3, 0.4) is 0 Å². The van der Waals surface area contributed by atoms with Gasteiger partial charge in [-0.1, -0.05) is 12.1 Å². The van der Waals surface area contributed by atoms with E-state index in [1.165, 1.54) is 6.07 Å². The fraction of sp³-hybridized carbons (Fsp3) is 0.462. The molecule has 2 N–H and O–H groups in total. The summed E-state index contributed by atoms with van der Waals surface area (Å²) < 4.78 is 38.6. The second-order valence-electron chi connectivity index (χ2n) is 5.25. The predicted molar refractivity (Wildman–Crippen MR) is 74.9 cm³/mol. The number of hydrogen-bond acceptors (Lipinski definition) is 4. The van der Waals surface area contributed by atoms with Crippen LogP contribution >= 0.6 is 0 Å². The lowest BCUT2D eigenvalue weighted by atomic mass is 10.1. The van der Waals surface area contributed by atoms with Gasteiger partial charge >= 0.3 is 0 Å². The average molecular weight is 299 g/mol. The number of benzene rings is 1. The summed E-state index contributed by atoms with van der Waals surface area (Å²) in [5.74, 6) is -0.545. The highest BCUT2D eigenvalue weighted by atomic mass is 32.2. The smallest absolute Gasteiger partial charge is 0.209 e. The molecule has 1 rings (SSSR count). The minimum atomic E-state index is -3.30. The fourth-order valence-corrected chi connectivity index (χ4v) is 2.93. The van der Waals surface area contributed by atoms with E-state index in [1.807, 2.05) is 0 Å². The molecular weight excluding hydrogens is 281 g/mol. The van der Waals surface area contributed by atoms with E-state index in [9.17, 15) is 12.8 Å². The Kier molecular flexibility index (Phi) is 5.22. The van der Waals surface area contributed by atoms with Crippen molar-refractivity contribution in [1.29, 1.82) is 5.26 Å². The fourth-order valence-electron chi connectivity index (χ4n) is 1.85. The van der Waals surface area contributed by atoms with Crippen LogP contribution in [-0.4, -0.2) is 26.8 Å². The van der Waals surface area contributed by atoms with Crippen molar-refractivity contribution >= 4 is 10.0 Å². The van der Waals surface area contributed by atoms with Gasteiger partial charge in [-0.3, -0.25) is 0 Å². The maximum atomic E-state index is 13.8. The highest BCUT2D eigenvalue weighted by molar-refractivity contribution is 7.88. The van der Waals surface area contributed by atoms with Crippen LogP contribution in [0.4, 0.5) is 4.39 Å². The molecule has 20 heavy (non-hydrogen) atoms. The van der Waals surface area contributed by atoms with Crippen LogP contribution in [0.5, 0.6) is 0 Å². The Labute approximate surface area is 118 Å². The molecule has 0 spiro atoms. The first-order chi connectivity index (χ1) is 9.14. The maximum absolute atomic E-state index is 13.8. The van der Waals surface area contributed by atoms with Crippen molar-refractivity contribution in [2.45, 2.75) is 25.9 Å². The first kappa shape index (κ1) is 16.6. The highest BCUT2D eigenvalue weighted by Gasteiger charge is 2.21. The Hall–Kier alpha value is -1.49. The molecule has 0 aliphatic rings. The number of nitrogens with zero attached hydrogens (tertiary/aromatic N) is 1. The lowest BCUT2D eigenvalue weighted by Gasteiger charge is -2.25. The molecule has 1 aromatic carbocycles. The largest absolute Gasteiger partial charge is 0.311 e. The van der Waals surface area contributed by atoms with Gasteiger partial charge in [0.2, 0.25) is 10.0 Å². The normalized spacial score (nSPS) is 12.2. The molecule has 0 aliphatic heterocycles. The zero-order valence-electron chi connectivity index (χ0n) is 11.7. The van der Waals surface area contributed by atoms with Gasteiger partial charge in [0.25, 0.3) is 0 Å². The minimum absolute atomic E-state index is 0.00202. The van der Waals surface area contributed by atoms with E-state index in [0.717, 1.165) is 6.26 Å². The number of halogens is 1. The van der Waals surface area contributed by atoms with E-state index >= 15 is 0 Å². The Bertz CT molecular complexity index is 621. The number of hydrogen-bond donors (Lipinski definition) is 2.